The summed E-state index contributed by atoms with van der Waals surface area (Å²) >= 11 is 0. The zero-order valence-corrected chi connectivity index (χ0v) is 20.0. The molecule has 3 aromatic rings. The van der Waals surface area contributed by atoms with Crippen molar-refractivity contribution in [2.45, 2.75) is 33.8 Å². The third kappa shape index (κ3) is 8.52. The molecule has 0 aromatic heterocycles. The molecule has 0 saturated heterocycles. The van der Waals surface area contributed by atoms with Crippen molar-refractivity contribution in [3.63, 3.8) is 0 Å². The van der Waals surface area contributed by atoms with Crippen LogP contribution in [0.4, 0.5) is 11.4 Å². The van der Waals surface area contributed by atoms with E-state index in [1.54, 1.807) is 24.8 Å². The summed E-state index contributed by atoms with van der Waals surface area (Å²) in [5.74, 6) is 0.193. The number of aryl methyl sites for hydroxylation is 4. The molecular weight excluding hydrogens is 412 g/mol. The van der Waals surface area contributed by atoms with Gasteiger partial charge in [0.2, 0.25) is 0 Å². The van der Waals surface area contributed by atoms with Crippen LogP contribution in [-0.4, -0.2) is 41.4 Å². The van der Waals surface area contributed by atoms with Crippen LogP contribution in [0.3, 0.4) is 0 Å². The molecule has 6 heteroatoms. The summed E-state index contributed by atoms with van der Waals surface area (Å²) in [6.07, 6.45) is 2.94. The van der Waals surface area contributed by atoms with Crippen LogP contribution in [0.1, 0.15) is 33.9 Å². The number of nitrogens with two attached hydrogens (primary N) is 1. The lowest BCUT2D eigenvalue weighted by atomic mass is 10.1. The number of hydrogen-bond donors (Lipinski definition) is 3. The Labute approximate surface area is 196 Å². The lowest BCUT2D eigenvalue weighted by Gasteiger charge is -2.07. The maximum absolute atomic E-state index is 9.21. The smallest absolute Gasteiger partial charge is 0.115 e. The Balaban J connectivity index is 0.000000294. The van der Waals surface area contributed by atoms with Gasteiger partial charge >= 0.3 is 0 Å². The van der Waals surface area contributed by atoms with Gasteiger partial charge in [-0.2, -0.15) is 0 Å². The van der Waals surface area contributed by atoms with Crippen LogP contribution in [0.25, 0.3) is 0 Å². The van der Waals surface area contributed by atoms with Crippen LogP contribution >= 0.6 is 0 Å². The van der Waals surface area contributed by atoms with Crippen LogP contribution in [0.2, 0.25) is 0 Å². The second kappa shape index (κ2) is 12.5. The summed E-state index contributed by atoms with van der Waals surface area (Å²) in [6, 6.07) is 18.8. The standard InChI is InChI=1S/C19H23N3.C8H11NO2/c1-14-6-8-18(16(3)10-14)20-12-22(5)13-21-19-9-7-15(2)11-17(19)4;9-5-8(11)6-1-3-7(10)4-2-6/h6-13H,1-5H3;1-4,8,10-11H,5,9H2. The first kappa shape index (κ1) is 25.8. The van der Waals surface area contributed by atoms with Gasteiger partial charge < -0.3 is 20.8 Å². The zero-order chi connectivity index (χ0) is 24.4. The topological polar surface area (TPSA) is 94.4 Å². The third-order valence-electron chi connectivity index (χ3n) is 4.96. The monoisotopic (exact) mass is 446 g/mol. The van der Waals surface area contributed by atoms with Crippen molar-refractivity contribution in [2.24, 2.45) is 15.7 Å². The molecule has 0 heterocycles. The van der Waals surface area contributed by atoms with Crippen molar-refractivity contribution in [3.05, 3.63) is 88.5 Å². The molecule has 0 fully saturated rings. The maximum Gasteiger partial charge on any atom is 0.115 e. The van der Waals surface area contributed by atoms with Crippen LogP contribution < -0.4 is 5.73 Å². The lowest BCUT2D eigenvalue weighted by Crippen LogP contribution is -2.12. The van der Waals surface area contributed by atoms with Crippen molar-refractivity contribution in [2.75, 3.05) is 13.6 Å². The summed E-state index contributed by atoms with van der Waals surface area (Å²) in [5.41, 5.74) is 12.8. The van der Waals surface area contributed by atoms with Crippen LogP contribution in [0.5, 0.6) is 5.75 Å². The number of rotatable bonds is 6. The Morgan fingerprint density at radius 1 is 0.818 bits per heavy atom. The zero-order valence-electron chi connectivity index (χ0n) is 20.0. The van der Waals surface area contributed by atoms with Crippen molar-refractivity contribution in [1.82, 2.24) is 4.90 Å². The van der Waals surface area contributed by atoms with E-state index in [1.165, 1.54) is 34.4 Å². The molecule has 4 N–H and O–H groups in total. The van der Waals surface area contributed by atoms with Crippen molar-refractivity contribution >= 4 is 24.1 Å². The molecular formula is C27H34N4O2. The van der Waals surface area contributed by atoms with E-state index in [-0.39, 0.29) is 12.3 Å². The van der Waals surface area contributed by atoms with E-state index in [0.717, 1.165) is 16.9 Å². The SMILES string of the molecule is Cc1ccc(N=CN(C)C=Nc2ccc(C)cc2C)c(C)c1.NCC(O)c1ccc(O)cc1. The van der Waals surface area contributed by atoms with E-state index in [9.17, 15) is 5.11 Å². The van der Waals surface area contributed by atoms with Gasteiger partial charge in [0.15, 0.2) is 0 Å². The Morgan fingerprint density at radius 2 is 1.27 bits per heavy atom. The summed E-state index contributed by atoms with van der Waals surface area (Å²) < 4.78 is 0. The van der Waals surface area contributed by atoms with Gasteiger partial charge in [-0.3, -0.25) is 0 Å². The normalized spacial score (nSPS) is 12.0. The molecule has 1 atom stereocenters. The minimum Gasteiger partial charge on any atom is -0.508 e. The second-order valence-corrected chi connectivity index (χ2v) is 8.08. The molecule has 0 bridgehead atoms. The van der Waals surface area contributed by atoms with Crippen molar-refractivity contribution in [3.8, 4) is 5.75 Å². The Bertz CT molecular complexity index is 1030. The number of benzene rings is 3. The minimum atomic E-state index is -0.629. The Kier molecular flexibility index (Phi) is 9.79. The predicted molar refractivity (Wildman–Crippen MR) is 138 cm³/mol. The van der Waals surface area contributed by atoms with E-state index < -0.39 is 6.10 Å². The Hall–Kier alpha value is -3.48. The quantitative estimate of drug-likeness (QED) is 0.356. The average Bonchev–Trinajstić information content (AvgIpc) is 2.78. The number of nitrogens with zero attached hydrogens (tertiary/aromatic N) is 3. The van der Waals surface area contributed by atoms with Crippen LogP contribution in [0.15, 0.2) is 70.6 Å². The van der Waals surface area contributed by atoms with Crippen LogP contribution in [0, 0.1) is 27.7 Å². The molecule has 0 radical (unpaired) electrons. The van der Waals surface area contributed by atoms with Gasteiger partial charge in [0.05, 0.1) is 30.2 Å². The molecule has 0 saturated carbocycles. The predicted octanol–water partition coefficient (Wildman–Crippen LogP) is 5.26. The molecule has 3 aromatic carbocycles. The first-order valence-corrected chi connectivity index (χ1v) is 10.8. The summed E-state index contributed by atoms with van der Waals surface area (Å²) in [4.78, 5) is 10.9. The molecule has 1 unspecified atom stereocenters. The van der Waals surface area contributed by atoms with Gasteiger partial charge in [-0.05, 0) is 68.7 Å². The lowest BCUT2D eigenvalue weighted by molar-refractivity contribution is 0.186. The number of phenols is 1. The maximum atomic E-state index is 9.21. The van der Waals surface area contributed by atoms with E-state index in [1.807, 2.05) is 24.1 Å². The second-order valence-electron chi connectivity index (χ2n) is 8.08. The molecule has 0 amide bonds. The van der Waals surface area contributed by atoms with E-state index in [4.69, 9.17) is 10.8 Å². The van der Waals surface area contributed by atoms with Gasteiger partial charge in [0.1, 0.15) is 5.75 Å². The number of aromatic hydroxyl groups is 1. The number of aliphatic hydroxyl groups is 1. The molecule has 0 aliphatic rings. The summed E-state index contributed by atoms with van der Waals surface area (Å²) in [7, 11) is 1.93. The van der Waals surface area contributed by atoms with Crippen molar-refractivity contribution in [1.29, 1.82) is 0 Å². The molecule has 6 nitrogen and oxygen atoms in total. The number of aliphatic imine (C=N–C) groups is 2. The fourth-order valence-corrected chi connectivity index (χ4v) is 3.07. The highest BCUT2D eigenvalue weighted by molar-refractivity contribution is 5.78. The number of phenolic OH excluding ortho intramolecular Hbond substituents is 1. The van der Waals surface area contributed by atoms with Gasteiger partial charge in [-0.1, -0.05) is 47.5 Å². The molecule has 33 heavy (non-hydrogen) atoms. The van der Waals surface area contributed by atoms with Gasteiger partial charge in [0.25, 0.3) is 0 Å². The summed E-state index contributed by atoms with van der Waals surface area (Å²) in [6.45, 7) is 8.52. The molecule has 0 aliphatic heterocycles. The minimum absolute atomic E-state index is 0.193. The average molecular weight is 447 g/mol. The molecule has 174 valence electrons. The fourth-order valence-electron chi connectivity index (χ4n) is 3.07. The largest absolute Gasteiger partial charge is 0.508 e. The van der Waals surface area contributed by atoms with Gasteiger partial charge in [0, 0.05) is 13.6 Å². The van der Waals surface area contributed by atoms with E-state index >= 15 is 0 Å². The van der Waals surface area contributed by atoms with Gasteiger partial charge in [-0.25, -0.2) is 9.98 Å². The van der Waals surface area contributed by atoms with Crippen LogP contribution in [-0.2, 0) is 0 Å². The Morgan fingerprint density at radius 3 is 1.67 bits per heavy atom. The first-order chi connectivity index (χ1) is 15.7. The van der Waals surface area contributed by atoms with Gasteiger partial charge in [-0.15, -0.1) is 0 Å². The molecule has 0 spiro atoms. The number of aliphatic hydroxyl groups excluding tert-OH is 1. The van der Waals surface area contributed by atoms with E-state index in [2.05, 4.69) is 61.9 Å². The highest BCUT2D eigenvalue weighted by atomic mass is 16.3. The molecule has 0 aliphatic carbocycles. The van der Waals surface area contributed by atoms with E-state index in [0.29, 0.717) is 0 Å². The highest BCUT2D eigenvalue weighted by Crippen LogP contribution is 2.20. The first-order valence-electron chi connectivity index (χ1n) is 10.8. The molecule has 3 rings (SSSR count). The highest BCUT2D eigenvalue weighted by Gasteiger charge is 2.03. The fraction of sp³-hybridized carbons (Fsp3) is 0.259. The summed E-state index contributed by atoms with van der Waals surface area (Å²) in [5, 5.41) is 18.1. The number of hydrogen-bond acceptors (Lipinski definition) is 5. The third-order valence-corrected chi connectivity index (χ3v) is 4.96. The van der Waals surface area contributed by atoms with Crippen molar-refractivity contribution < 1.29 is 10.2 Å².